The zero-order chi connectivity index (χ0) is 19.9. The molecule has 146 valence electrons. The Bertz CT molecular complexity index is 789. The number of ketones is 1. The molecule has 1 saturated heterocycles. The number of carbonyl (C=O) groups is 3. The minimum absolute atomic E-state index is 0.0732. The Morgan fingerprint density at radius 3 is 2.70 bits per heavy atom. The van der Waals surface area contributed by atoms with E-state index in [1.165, 1.54) is 0 Å². The molecule has 0 aromatic heterocycles. The molecule has 1 aromatic rings. The zero-order valence-corrected chi connectivity index (χ0v) is 16.0. The molecule has 4 N–H and O–H groups in total. The molecule has 2 fully saturated rings. The first-order valence-corrected chi connectivity index (χ1v) is 9.30. The first-order chi connectivity index (χ1) is 12.7. The molecule has 27 heavy (non-hydrogen) atoms. The zero-order valence-electron chi connectivity index (χ0n) is 16.0. The molecule has 1 saturated carbocycles. The molecule has 1 aliphatic carbocycles. The van der Waals surface area contributed by atoms with Gasteiger partial charge in [-0.3, -0.25) is 14.4 Å². The lowest BCUT2D eigenvalue weighted by Crippen LogP contribution is -2.45. The summed E-state index contributed by atoms with van der Waals surface area (Å²) in [6, 6.07) is 4.80. The van der Waals surface area contributed by atoms with Crippen molar-refractivity contribution in [1.29, 1.82) is 0 Å². The fourth-order valence-corrected chi connectivity index (χ4v) is 4.52. The number of nitrogens with two attached hydrogens (primary N) is 1. The molecule has 7 heteroatoms. The maximum atomic E-state index is 13.0. The monoisotopic (exact) mass is 373 g/mol. The number of nitrogens with one attached hydrogen (secondary N) is 1. The number of hydrogen-bond acceptors (Lipinski definition) is 5. The van der Waals surface area contributed by atoms with Crippen LogP contribution in [0, 0.1) is 17.3 Å². The molecule has 1 heterocycles. The largest absolute Gasteiger partial charge is 0.395 e. The highest BCUT2D eigenvalue weighted by molar-refractivity contribution is 6.05. The summed E-state index contributed by atoms with van der Waals surface area (Å²) in [6.07, 6.45) is 1.24. The van der Waals surface area contributed by atoms with Gasteiger partial charge in [0.05, 0.1) is 12.2 Å². The number of nitrogens with zero attached hydrogens (tertiary/aromatic N) is 1. The minimum atomic E-state index is -0.588. The summed E-state index contributed by atoms with van der Waals surface area (Å²) in [5.74, 6) is -1.17. The molecule has 2 amide bonds. The molecule has 3 rings (SSSR count). The van der Waals surface area contributed by atoms with Crippen molar-refractivity contribution in [3.8, 4) is 0 Å². The van der Waals surface area contributed by atoms with E-state index < -0.39 is 5.91 Å². The van der Waals surface area contributed by atoms with Gasteiger partial charge in [0.2, 0.25) is 5.91 Å². The van der Waals surface area contributed by atoms with Crippen LogP contribution in [0.3, 0.4) is 0 Å². The molecule has 3 atom stereocenters. The van der Waals surface area contributed by atoms with E-state index in [9.17, 15) is 14.4 Å². The van der Waals surface area contributed by atoms with Gasteiger partial charge in [-0.15, -0.1) is 0 Å². The number of carbonyl (C=O) groups excluding carboxylic acids is 3. The lowest BCUT2D eigenvalue weighted by atomic mass is 9.68. The van der Waals surface area contributed by atoms with E-state index in [4.69, 9.17) is 10.8 Å². The highest BCUT2D eigenvalue weighted by Crippen LogP contribution is 2.47. The van der Waals surface area contributed by atoms with E-state index in [-0.39, 0.29) is 48.1 Å². The van der Waals surface area contributed by atoms with Gasteiger partial charge in [-0.1, -0.05) is 20.8 Å². The summed E-state index contributed by atoms with van der Waals surface area (Å²) in [4.78, 5) is 39.1. The average Bonchev–Trinajstić information content (AvgIpc) is 2.82. The summed E-state index contributed by atoms with van der Waals surface area (Å²) < 4.78 is 0. The van der Waals surface area contributed by atoms with Crippen LogP contribution in [0.5, 0.6) is 0 Å². The van der Waals surface area contributed by atoms with Gasteiger partial charge in [0, 0.05) is 42.2 Å². The summed E-state index contributed by atoms with van der Waals surface area (Å²) in [6.45, 7) is 6.08. The number of anilines is 2. The highest BCUT2D eigenvalue weighted by atomic mass is 16.3. The Labute approximate surface area is 158 Å². The van der Waals surface area contributed by atoms with Crippen molar-refractivity contribution in [2.75, 3.05) is 23.4 Å². The number of primary amides is 1. The standard InChI is InChI=1S/C20H27N3O4/c1-11-17-15(9-20(2,3)10-16(17)25)23(19(11)27)12-4-5-13(18(21)26)14(8-12)22-6-7-24/h4-5,8,11,15,17,22,24H,6-7,9-10H2,1-3H3,(H2,21,26). The first kappa shape index (κ1) is 19.4. The molecule has 0 radical (unpaired) electrons. The predicted octanol–water partition coefficient (Wildman–Crippen LogP) is 1.55. The SMILES string of the molecule is CC1C(=O)N(c2ccc(C(N)=O)c(NCCO)c2)C2CC(C)(C)CC(=O)C12. The van der Waals surface area contributed by atoms with Crippen molar-refractivity contribution in [2.24, 2.45) is 23.0 Å². The molecule has 1 aromatic carbocycles. The number of rotatable bonds is 5. The average molecular weight is 373 g/mol. The quantitative estimate of drug-likeness (QED) is 0.725. The van der Waals surface area contributed by atoms with Crippen molar-refractivity contribution in [1.82, 2.24) is 0 Å². The van der Waals surface area contributed by atoms with Crippen molar-refractivity contribution >= 4 is 29.0 Å². The Morgan fingerprint density at radius 1 is 1.37 bits per heavy atom. The maximum Gasteiger partial charge on any atom is 0.250 e. The molecule has 3 unspecified atom stereocenters. The van der Waals surface area contributed by atoms with Gasteiger partial charge in [-0.2, -0.15) is 0 Å². The van der Waals surface area contributed by atoms with Crippen LogP contribution in [0.4, 0.5) is 11.4 Å². The summed E-state index contributed by atoms with van der Waals surface area (Å²) in [5.41, 5.74) is 6.67. The molecular weight excluding hydrogens is 346 g/mol. The van der Waals surface area contributed by atoms with E-state index in [0.29, 0.717) is 23.4 Å². The van der Waals surface area contributed by atoms with Gasteiger partial charge < -0.3 is 21.1 Å². The Balaban J connectivity index is 2.02. The highest BCUT2D eigenvalue weighted by Gasteiger charge is 2.54. The van der Waals surface area contributed by atoms with Gasteiger partial charge in [-0.25, -0.2) is 0 Å². The lowest BCUT2D eigenvalue weighted by molar-refractivity contribution is -0.131. The molecule has 7 nitrogen and oxygen atoms in total. The van der Waals surface area contributed by atoms with Crippen LogP contribution in [-0.2, 0) is 9.59 Å². The van der Waals surface area contributed by atoms with Gasteiger partial charge in [-0.05, 0) is 30.0 Å². The van der Waals surface area contributed by atoms with Crippen LogP contribution in [0.15, 0.2) is 18.2 Å². The second kappa shape index (κ2) is 6.96. The fraction of sp³-hybridized carbons (Fsp3) is 0.550. The number of aliphatic hydroxyl groups excluding tert-OH is 1. The van der Waals surface area contributed by atoms with Gasteiger partial charge in [0.15, 0.2) is 0 Å². The fourth-order valence-electron chi connectivity index (χ4n) is 4.52. The maximum absolute atomic E-state index is 13.0. The summed E-state index contributed by atoms with van der Waals surface area (Å²) in [7, 11) is 0. The second-order valence-corrected chi connectivity index (χ2v) is 8.35. The van der Waals surface area contributed by atoms with Crippen LogP contribution in [-0.4, -0.2) is 41.9 Å². The van der Waals surface area contributed by atoms with Crippen molar-refractivity contribution in [2.45, 2.75) is 39.7 Å². The van der Waals surface area contributed by atoms with E-state index in [2.05, 4.69) is 19.2 Å². The Kier molecular flexibility index (Phi) is 4.99. The Morgan fingerprint density at radius 2 is 2.07 bits per heavy atom. The van der Waals surface area contributed by atoms with E-state index in [1.54, 1.807) is 23.1 Å². The molecule has 2 aliphatic rings. The van der Waals surface area contributed by atoms with Crippen molar-refractivity contribution in [3.63, 3.8) is 0 Å². The second-order valence-electron chi connectivity index (χ2n) is 8.35. The van der Waals surface area contributed by atoms with Crippen molar-refractivity contribution < 1.29 is 19.5 Å². The van der Waals surface area contributed by atoms with E-state index in [1.807, 2.05) is 6.92 Å². The first-order valence-electron chi connectivity index (χ1n) is 9.30. The third-order valence-electron chi connectivity index (χ3n) is 5.67. The number of hydrogen-bond donors (Lipinski definition) is 3. The summed E-state index contributed by atoms with van der Waals surface area (Å²) >= 11 is 0. The number of fused-ring (bicyclic) bond motifs is 1. The topological polar surface area (TPSA) is 113 Å². The minimum Gasteiger partial charge on any atom is -0.395 e. The molecule has 0 spiro atoms. The molecule has 1 aliphatic heterocycles. The molecular formula is C20H27N3O4. The Hall–Kier alpha value is -2.41. The number of aliphatic hydroxyl groups is 1. The third-order valence-corrected chi connectivity index (χ3v) is 5.67. The van der Waals surface area contributed by atoms with Crippen LogP contribution >= 0.6 is 0 Å². The smallest absolute Gasteiger partial charge is 0.250 e. The van der Waals surface area contributed by atoms with Crippen LogP contribution in [0.1, 0.15) is 44.0 Å². The normalized spacial score (nSPS) is 26.8. The van der Waals surface area contributed by atoms with E-state index in [0.717, 1.165) is 6.42 Å². The molecule has 0 bridgehead atoms. The number of benzene rings is 1. The summed E-state index contributed by atoms with van der Waals surface area (Å²) in [5, 5.41) is 12.1. The van der Waals surface area contributed by atoms with Crippen LogP contribution < -0.4 is 16.0 Å². The predicted molar refractivity (Wildman–Crippen MR) is 102 cm³/mol. The number of Topliss-reactive ketones (excluding diaryl/α,β-unsaturated/α-hetero) is 1. The van der Waals surface area contributed by atoms with Gasteiger partial charge >= 0.3 is 0 Å². The van der Waals surface area contributed by atoms with Gasteiger partial charge in [0.25, 0.3) is 5.91 Å². The van der Waals surface area contributed by atoms with Crippen LogP contribution in [0.2, 0.25) is 0 Å². The van der Waals surface area contributed by atoms with E-state index >= 15 is 0 Å². The lowest BCUT2D eigenvalue weighted by Gasteiger charge is -2.39. The van der Waals surface area contributed by atoms with Crippen molar-refractivity contribution in [3.05, 3.63) is 23.8 Å². The van der Waals surface area contributed by atoms with Crippen LogP contribution in [0.25, 0.3) is 0 Å². The third kappa shape index (κ3) is 3.43. The number of amides is 2. The van der Waals surface area contributed by atoms with Gasteiger partial charge in [0.1, 0.15) is 5.78 Å².